The summed E-state index contributed by atoms with van der Waals surface area (Å²) in [5.74, 6) is -0.333. The fraction of sp³-hybridized carbons (Fsp3) is 0.462. The van der Waals surface area contributed by atoms with E-state index in [4.69, 9.17) is 11.6 Å². The van der Waals surface area contributed by atoms with E-state index in [9.17, 15) is 13.2 Å². The number of nitrogens with one attached hydrogen (secondary N) is 2. The molecule has 1 aromatic carbocycles. The first kappa shape index (κ1) is 16.9. The van der Waals surface area contributed by atoms with Crippen molar-refractivity contribution in [2.24, 2.45) is 0 Å². The van der Waals surface area contributed by atoms with Crippen molar-refractivity contribution in [1.82, 2.24) is 4.72 Å². The fourth-order valence-electron chi connectivity index (χ4n) is 1.38. The van der Waals surface area contributed by atoms with Crippen molar-refractivity contribution in [3.8, 4) is 0 Å². The number of hydrogen-bond donors (Lipinski definition) is 2. The van der Waals surface area contributed by atoms with Gasteiger partial charge in [0.15, 0.2) is 0 Å². The van der Waals surface area contributed by atoms with Gasteiger partial charge in [-0.15, -0.1) is 11.6 Å². The summed E-state index contributed by atoms with van der Waals surface area (Å²) >= 11 is 5.64. The molecule has 2 N–H and O–H groups in total. The summed E-state index contributed by atoms with van der Waals surface area (Å²) < 4.78 is 26.6. The molecule has 7 heteroatoms. The van der Waals surface area contributed by atoms with Gasteiger partial charge in [-0.1, -0.05) is 6.92 Å². The van der Waals surface area contributed by atoms with Gasteiger partial charge in [-0.25, -0.2) is 13.1 Å². The predicted molar refractivity (Wildman–Crippen MR) is 80.5 cm³/mol. The van der Waals surface area contributed by atoms with E-state index in [1.807, 2.05) is 6.92 Å². The Morgan fingerprint density at radius 1 is 1.25 bits per heavy atom. The third kappa shape index (κ3) is 4.77. The minimum Gasteiger partial charge on any atom is -0.325 e. The summed E-state index contributed by atoms with van der Waals surface area (Å²) in [6.07, 6.45) is 0.709. The molecule has 1 rings (SSSR count). The minimum absolute atomic E-state index is 0.128. The monoisotopic (exact) mass is 318 g/mol. The second-order valence-corrected chi connectivity index (χ2v) is 6.93. The zero-order valence-electron chi connectivity index (χ0n) is 11.7. The summed E-state index contributed by atoms with van der Waals surface area (Å²) in [5.41, 5.74) is 0.505. The molecule has 0 aliphatic rings. The molecule has 20 heavy (non-hydrogen) atoms. The Morgan fingerprint density at radius 2 is 1.80 bits per heavy atom. The molecule has 0 heterocycles. The molecule has 112 valence electrons. The fourth-order valence-corrected chi connectivity index (χ4v) is 2.76. The van der Waals surface area contributed by atoms with Crippen LogP contribution in [0.3, 0.4) is 0 Å². The number of benzene rings is 1. The number of carbonyl (C=O) groups excluding carboxylic acids is 1. The molecule has 0 unspecified atom stereocenters. The van der Waals surface area contributed by atoms with Gasteiger partial charge in [0.1, 0.15) is 5.38 Å². The van der Waals surface area contributed by atoms with E-state index in [0.29, 0.717) is 12.1 Å². The topological polar surface area (TPSA) is 75.3 Å². The number of halogens is 1. The van der Waals surface area contributed by atoms with Crippen molar-refractivity contribution in [2.75, 3.05) is 5.32 Å². The van der Waals surface area contributed by atoms with E-state index in [0.717, 1.165) is 0 Å². The highest BCUT2D eigenvalue weighted by Crippen LogP contribution is 2.15. The summed E-state index contributed by atoms with van der Waals surface area (Å²) in [4.78, 5) is 11.6. The number of carbonyl (C=O) groups is 1. The van der Waals surface area contributed by atoms with Gasteiger partial charge in [-0.2, -0.15) is 0 Å². The number of amides is 1. The lowest BCUT2D eigenvalue weighted by molar-refractivity contribution is -0.115. The van der Waals surface area contributed by atoms with Gasteiger partial charge in [0.2, 0.25) is 15.9 Å². The summed E-state index contributed by atoms with van der Waals surface area (Å²) in [6.45, 7) is 5.26. The van der Waals surface area contributed by atoms with E-state index in [1.165, 1.54) is 24.3 Å². The maximum atomic E-state index is 12.0. The maximum absolute atomic E-state index is 12.0. The van der Waals surface area contributed by atoms with Crippen LogP contribution in [-0.4, -0.2) is 25.7 Å². The molecular weight excluding hydrogens is 300 g/mol. The SMILES string of the molecule is CC[C@@H](C)NS(=O)(=O)c1ccc(NC(=O)[C@H](C)Cl)cc1. The van der Waals surface area contributed by atoms with Crippen LogP contribution in [0, 0.1) is 0 Å². The van der Waals surface area contributed by atoms with Gasteiger partial charge in [-0.3, -0.25) is 4.79 Å². The number of alkyl halides is 1. The largest absolute Gasteiger partial charge is 0.325 e. The number of hydrogen-bond acceptors (Lipinski definition) is 3. The molecule has 0 aliphatic carbocycles. The van der Waals surface area contributed by atoms with Crippen molar-refractivity contribution in [2.45, 2.75) is 43.5 Å². The first-order valence-corrected chi connectivity index (χ1v) is 8.25. The molecule has 1 amide bonds. The third-order valence-corrected chi connectivity index (χ3v) is 4.57. The molecule has 0 aliphatic heterocycles. The number of sulfonamides is 1. The van der Waals surface area contributed by atoms with Crippen molar-refractivity contribution in [3.63, 3.8) is 0 Å². The Hall–Kier alpha value is -1.11. The second kappa shape index (κ2) is 7.06. The van der Waals surface area contributed by atoms with Crippen LogP contribution in [0.1, 0.15) is 27.2 Å². The average molecular weight is 319 g/mol. The molecule has 5 nitrogen and oxygen atoms in total. The molecule has 0 fully saturated rings. The van der Waals surface area contributed by atoms with Gasteiger partial charge in [0, 0.05) is 11.7 Å². The molecule has 1 aromatic rings. The van der Waals surface area contributed by atoms with E-state index in [-0.39, 0.29) is 16.8 Å². The molecule has 0 aromatic heterocycles. The first-order valence-electron chi connectivity index (χ1n) is 6.33. The van der Waals surface area contributed by atoms with E-state index in [2.05, 4.69) is 10.0 Å². The lowest BCUT2D eigenvalue weighted by Gasteiger charge is -2.12. The molecule has 0 saturated heterocycles. The van der Waals surface area contributed by atoms with Crippen LogP contribution in [0.4, 0.5) is 5.69 Å². The Kier molecular flexibility index (Phi) is 5.98. The summed E-state index contributed by atoms with van der Waals surface area (Å²) in [7, 11) is -3.52. The van der Waals surface area contributed by atoms with Crippen LogP contribution in [0.15, 0.2) is 29.2 Å². The van der Waals surface area contributed by atoms with Crippen molar-refractivity contribution >= 4 is 33.2 Å². The second-order valence-electron chi connectivity index (χ2n) is 4.56. The predicted octanol–water partition coefficient (Wildman–Crippen LogP) is 2.33. The summed E-state index contributed by atoms with van der Waals surface area (Å²) in [6, 6.07) is 5.82. The lowest BCUT2D eigenvalue weighted by atomic mass is 10.3. The zero-order chi connectivity index (χ0) is 15.3. The van der Waals surface area contributed by atoms with Crippen LogP contribution >= 0.6 is 11.6 Å². The van der Waals surface area contributed by atoms with Gasteiger partial charge >= 0.3 is 0 Å². The standard InChI is InChI=1S/C13H19ClN2O3S/c1-4-9(2)16-20(18,19)12-7-5-11(6-8-12)15-13(17)10(3)14/h5-10,16H,4H2,1-3H3,(H,15,17)/t9-,10+/m1/s1. The van der Waals surface area contributed by atoms with Gasteiger partial charge in [0.25, 0.3) is 0 Å². The van der Waals surface area contributed by atoms with Crippen LogP contribution in [0.5, 0.6) is 0 Å². The van der Waals surface area contributed by atoms with Crippen LogP contribution < -0.4 is 10.0 Å². The van der Waals surface area contributed by atoms with Crippen LogP contribution in [0.2, 0.25) is 0 Å². The normalized spacial score (nSPS) is 14.6. The number of anilines is 1. The van der Waals surface area contributed by atoms with Gasteiger partial charge in [-0.05, 0) is 44.5 Å². The van der Waals surface area contributed by atoms with Crippen LogP contribution in [-0.2, 0) is 14.8 Å². The molecule has 0 saturated carbocycles. The van der Waals surface area contributed by atoms with Crippen LogP contribution in [0.25, 0.3) is 0 Å². The third-order valence-electron chi connectivity index (χ3n) is 2.76. The average Bonchev–Trinajstić information content (AvgIpc) is 2.38. The Labute approximate surface area is 124 Å². The highest BCUT2D eigenvalue weighted by atomic mass is 35.5. The quantitative estimate of drug-likeness (QED) is 0.790. The molecular formula is C13H19ClN2O3S. The Bertz CT molecular complexity index is 555. The number of rotatable bonds is 6. The van der Waals surface area contributed by atoms with Gasteiger partial charge in [0.05, 0.1) is 4.90 Å². The molecule has 2 atom stereocenters. The molecule has 0 radical (unpaired) electrons. The summed E-state index contributed by atoms with van der Waals surface area (Å²) in [5, 5.41) is 1.94. The van der Waals surface area contributed by atoms with E-state index >= 15 is 0 Å². The van der Waals surface area contributed by atoms with E-state index < -0.39 is 15.4 Å². The van der Waals surface area contributed by atoms with Crippen molar-refractivity contribution < 1.29 is 13.2 Å². The smallest absolute Gasteiger partial charge is 0.242 e. The Balaban J connectivity index is 2.83. The lowest BCUT2D eigenvalue weighted by Crippen LogP contribution is -2.32. The van der Waals surface area contributed by atoms with Crippen molar-refractivity contribution in [3.05, 3.63) is 24.3 Å². The minimum atomic E-state index is -3.52. The van der Waals surface area contributed by atoms with Crippen molar-refractivity contribution in [1.29, 1.82) is 0 Å². The maximum Gasteiger partial charge on any atom is 0.242 e. The molecule has 0 bridgehead atoms. The molecule has 0 spiro atoms. The van der Waals surface area contributed by atoms with Gasteiger partial charge < -0.3 is 5.32 Å². The first-order chi connectivity index (χ1) is 9.26. The highest BCUT2D eigenvalue weighted by molar-refractivity contribution is 7.89. The Morgan fingerprint density at radius 3 is 2.25 bits per heavy atom. The van der Waals surface area contributed by atoms with E-state index in [1.54, 1.807) is 13.8 Å². The zero-order valence-corrected chi connectivity index (χ0v) is 13.3. The highest BCUT2D eigenvalue weighted by Gasteiger charge is 2.16.